The molecule has 0 spiro atoms. The van der Waals surface area contributed by atoms with E-state index in [0.717, 1.165) is 0 Å². The Kier molecular flexibility index (Phi) is 5.74. The fourth-order valence-electron chi connectivity index (χ4n) is 2.18. The van der Waals surface area contributed by atoms with Gasteiger partial charge in [-0.25, -0.2) is 4.79 Å². The molecule has 1 amide bonds. The fourth-order valence-corrected chi connectivity index (χ4v) is 2.18. The minimum Gasteiger partial charge on any atom is -0.491 e. The van der Waals surface area contributed by atoms with Crippen molar-refractivity contribution in [3.8, 4) is 5.75 Å². The number of aliphatic carboxylic acids is 1. The Hall–Kier alpha value is -2.12. The molecule has 1 fully saturated rings. The molecule has 0 unspecified atom stereocenters. The van der Waals surface area contributed by atoms with Gasteiger partial charge in [-0.2, -0.15) is 0 Å². The number of morpholine rings is 1. The molecule has 7 heteroatoms. The molecule has 1 aromatic rings. The predicted octanol–water partition coefficient (Wildman–Crippen LogP) is 0.637. The summed E-state index contributed by atoms with van der Waals surface area (Å²) < 4.78 is 15.5. The highest BCUT2D eigenvalue weighted by Gasteiger charge is 2.33. The summed E-state index contributed by atoms with van der Waals surface area (Å²) in [6.07, 6.45) is 0. The summed E-state index contributed by atoms with van der Waals surface area (Å²) in [5.41, 5.74) is 0.392. The first-order valence-electron chi connectivity index (χ1n) is 6.97. The zero-order chi connectivity index (χ0) is 15.9. The van der Waals surface area contributed by atoms with Crippen molar-refractivity contribution in [3.05, 3.63) is 29.8 Å². The Morgan fingerprint density at radius 2 is 2.23 bits per heavy atom. The van der Waals surface area contributed by atoms with Crippen molar-refractivity contribution in [1.29, 1.82) is 0 Å². The van der Waals surface area contributed by atoms with Crippen molar-refractivity contribution in [2.45, 2.75) is 6.04 Å². The maximum absolute atomic E-state index is 12.5. The van der Waals surface area contributed by atoms with Gasteiger partial charge in [-0.3, -0.25) is 4.79 Å². The van der Waals surface area contributed by atoms with Gasteiger partial charge in [0.1, 0.15) is 12.4 Å². The fraction of sp³-hybridized carbons (Fsp3) is 0.467. The molecule has 2 rings (SSSR count). The third-order valence-corrected chi connectivity index (χ3v) is 3.31. The van der Waals surface area contributed by atoms with Crippen LogP contribution >= 0.6 is 0 Å². The van der Waals surface area contributed by atoms with Crippen LogP contribution in [0.1, 0.15) is 10.4 Å². The van der Waals surface area contributed by atoms with E-state index >= 15 is 0 Å². The SMILES string of the molecule is COCCOc1cccc(C(=O)N2CCOC[C@H]2C(=O)O)c1. The number of hydrogen-bond acceptors (Lipinski definition) is 5. The lowest BCUT2D eigenvalue weighted by Crippen LogP contribution is -2.52. The first-order chi connectivity index (χ1) is 10.6. The van der Waals surface area contributed by atoms with Crippen molar-refractivity contribution >= 4 is 11.9 Å². The standard InChI is InChI=1S/C15H19NO6/c1-20-7-8-22-12-4-2-3-11(9-12)14(17)16-5-6-21-10-13(16)15(18)19/h2-4,9,13H,5-8,10H2,1H3,(H,18,19)/t13-/m0/s1. The second kappa shape index (κ2) is 7.77. The summed E-state index contributed by atoms with van der Waals surface area (Å²) in [4.78, 5) is 25.1. The van der Waals surface area contributed by atoms with Gasteiger partial charge in [0.2, 0.25) is 0 Å². The van der Waals surface area contributed by atoms with Gasteiger partial charge in [0.05, 0.1) is 19.8 Å². The van der Waals surface area contributed by atoms with E-state index < -0.39 is 12.0 Å². The maximum atomic E-state index is 12.5. The van der Waals surface area contributed by atoms with Crippen LogP contribution < -0.4 is 4.74 Å². The number of carboxylic acid groups (broad SMARTS) is 1. The number of carboxylic acids is 1. The number of benzene rings is 1. The minimum atomic E-state index is -1.07. The van der Waals surface area contributed by atoms with Crippen LogP contribution in [0.5, 0.6) is 5.75 Å². The van der Waals surface area contributed by atoms with Crippen molar-refractivity contribution in [2.75, 3.05) is 40.1 Å². The molecule has 0 aromatic heterocycles. The summed E-state index contributed by atoms with van der Waals surface area (Å²) in [6.45, 7) is 1.42. The quantitative estimate of drug-likeness (QED) is 0.776. The summed E-state index contributed by atoms with van der Waals surface area (Å²) in [6, 6.07) is 5.72. The van der Waals surface area contributed by atoms with E-state index in [1.54, 1.807) is 31.4 Å². The van der Waals surface area contributed by atoms with Gasteiger partial charge >= 0.3 is 5.97 Å². The monoisotopic (exact) mass is 309 g/mol. The molecule has 120 valence electrons. The number of rotatable bonds is 6. The molecule has 22 heavy (non-hydrogen) atoms. The second-order valence-electron chi connectivity index (χ2n) is 4.80. The van der Waals surface area contributed by atoms with Gasteiger partial charge in [-0.15, -0.1) is 0 Å². The molecule has 1 aromatic carbocycles. The van der Waals surface area contributed by atoms with E-state index in [4.69, 9.17) is 14.2 Å². The molecule has 1 aliphatic rings. The molecule has 0 saturated carbocycles. The number of hydrogen-bond donors (Lipinski definition) is 1. The second-order valence-corrected chi connectivity index (χ2v) is 4.80. The number of methoxy groups -OCH3 is 1. The predicted molar refractivity (Wildman–Crippen MR) is 77.1 cm³/mol. The summed E-state index contributed by atoms with van der Waals surface area (Å²) in [5.74, 6) is -0.864. The third kappa shape index (κ3) is 3.96. The van der Waals surface area contributed by atoms with Crippen LogP contribution in [-0.4, -0.2) is 68.0 Å². The van der Waals surface area contributed by atoms with Gasteiger partial charge < -0.3 is 24.2 Å². The molecule has 7 nitrogen and oxygen atoms in total. The van der Waals surface area contributed by atoms with Gasteiger partial charge in [-0.05, 0) is 18.2 Å². The number of ether oxygens (including phenoxy) is 3. The molecule has 1 saturated heterocycles. The smallest absolute Gasteiger partial charge is 0.328 e. The Morgan fingerprint density at radius 3 is 2.95 bits per heavy atom. The highest BCUT2D eigenvalue weighted by atomic mass is 16.5. The average Bonchev–Trinajstić information content (AvgIpc) is 2.54. The Bertz CT molecular complexity index is 533. The number of carbonyl (C=O) groups is 2. The molecular formula is C15H19NO6. The highest BCUT2D eigenvalue weighted by Crippen LogP contribution is 2.18. The normalized spacial score (nSPS) is 18.0. The molecule has 0 bridgehead atoms. The maximum Gasteiger partial charge on any atom is 0.328 e. The van der Waals surface area contributed by atoms with E-state index in [2.05, 4.69) is 0 Å². The van der Waals surface area contributed by atoms with Gasteiger partial charge in [0.15, 0.2) is 6.04 Å². The van der Waals surface area contributed by atoms with Gasteiger partial charge in [0, 0.05) is 19.2 Å². The molecule has 1 atom stereocenters. The van der Waals surface area contributed by atoms with Crippen molar-refractivity contribution < 1.29 is 28.9 Å². The first-order valence-corrected chi connectivity index (χ1v) is 6.97. The van der Waals surface area contributed by atoms with Crippen molar-refractivity contribution in [2.24, 2.45) is 0 Å². The number of carbonyl (C=O) groups excluding carboxylic acids is 1. The lowest BCUT2D eigenvalue weighted by atomic mass is 10.1. The lowest BCUT2D eigenvalue weighted by molar-refractivity contribution is -0.147. The zero-order valence-electron chi connectivity index (χ0n) is 12.4. The number of nitrogens with zero attached hydrogens (tertiary/aromatic N) is 1. The number of amides is 1. The molecule has 0 radical (unpaired) electrons. The average molecular weight is 309 g/mol. The zero-order valence-corrected chi connectivity index (χ0v) is 12.4. The lowest BCUT2D eigenvalue weighted by Gasteiger charge is -2.32. The molecule has 1 aliphatic heterocycles. The Labute approximate surface area is 128 Å². The minimum absolute atomic E-state index is 0.00506. The Balaban J connectivity index is 2.10. The van der Waals surface area contributed by atoms with E-state index in [1.807, 2.05) is 0 Å². The van der Waals surface area contributed by atoms with Crippen LogP contribution in [0.3, 0.4) is 0 Å². The first kappa shape index (κ1) is 16.3. The topological polar surface area (TPSA) is 85.3 Å². The van der Waals surface area contributed by atoms with E-state index in [-0.39, 0.29) is 19.1 Å². The summed E-state index contributed by atoms with van der Waals surface area (Å²) >= 11 is 0. The van der Waals surface area contributed by atoms with Crippen molar-refractivity contribution in [1.82, 2.24) is 4.90 Å². The largest absolute Gasteiger partial charge is 0.491 e. The van der Waals surface area contributed by atoms with Gasteiger partial charge in [0.25, 0.3) is 5.91 Å². The van der Waals surface area contributed by atoms with E-state index in [1.165, 1.54) is 4.90 Å². The van der Waals surface area contributed by atoms with Crippen molar-refractivity contribution in [3.63, 3.8) is 0 Å². The molecule has 0 aliphatic carbocycles. The molecule has 1 heterocycles. The Morgan fingerprint density at radius 1 is 1.41 bits per heavy atom. The van der Waals surface area contributed by atoms with Gasteiger partial charge in [-0.1, -0.05) is 6.07 Å². The van der Waals surface area contributed by atoms with Crippen LogP contribution in [0, 0.1) is 0 Å². The summed E-state index contributed by atoms with van der Waals surface area (Å²) in [7, 11) is 1.58. The van der Waals surface area contributed by atoms with Crippen LogP contribution in [0.4, 0.5) is 0 Å². The molecular weight excluding hydrogens is 290 g/mol. The van der Waals surface area contributed by atoms with Crippen LogP contribution in [0.25, 0.3) is 0 Å². The highest BCUT2D eigenvalue weighted by molar-refractivity contribution is 5.97. The van der Waals surface area contributed by atoms with E-state index in [0.29, 0.717) is 31.1 Å². The van der Waals surface area contributed by atoms with Crippen LogP contribution in [-0.2, 0) is 14.3 Å². The van der Waals surface area contributed by atoms with Crippen LogP contribution in [0.15, 0.2) is 24.3 Å². The molecule has 1 N–H and O–H groups in total. The van der Waals surface area contributed by atoms with Crippen LogP contribution in [0.2, 0.25) is 0 Å². The van der Waals surface area contributed by atoms with E-state index in [9.17, 15) is 14.7 Å². The summed E-state index contributed by atoms with van der Waals surface area (Å²) in [5, 5.41) is 9.19. The third-order valence-electron chi connectivity index (χ3n) is 3.31.